The van der Waals surface area contributed by atoms with Gasteiger partial charge in [0.1, 0.15) is 0 Å². The lowest BCUT2D eigenvalue weighted by atomic mass is 9.82. The summed E-state index contributed by atoms with van der Waals surface area (Å²) in [6.45, 7) is 1.66. The summed E-state index contributed by atoms with van der Waals surface area (Å²) in [5.41, 5.74) is 1.82. The molecule has 1 aromatic carbocycles. The Balaban J connectivity index is 1.41. The van der Waals surface area contributed by atoms with Crippen LogP contribution in [0.1, 0.15) is 31.2 Å². The maximum absolute atomic E-state index is 5.84. The van der Waals surface area contributed by atoms with Crippen LogP contribution in [0.5, 0.6) is 0 Å². The predicted octanol–water partition coefficient (Wildman–Crippen LogP) is 4.40. The Bertz CT molecular complexity index is 379. The van der Waals surface area contributed by atoms with Gasteiger partial charge >= 0.3 is 0 Å². The van der Waals surface area contributed by atoms with Crippen LogP contribution in [0.3, 0.4) is 0 Å². The molecule has 0 N–H and O–H groups in total. The SMILES string of the molecule is BrCC1(CCOCc2ccccc2)CC2CC2C1. The number of alkyl halides is 1. The van der Waals surface area contributed by atoms with Crippen molar-refractivity contribution < 1.29 is 4.74 Å². The van der Waals surface area contributed by atoms with Gasteiger partial charge in [-0.05, 0) is 48.5 Å². The van der Waals surface area contributed by atoms with Gasteiger partial charge in [0.25, 0.3) is 0 Å². The van der Waals surface area contributed by atoms with Crippen LogP contribution in [-0.4, -0.2) is 11.9 Å². The molecule has 0 heterocycles. The molecule has 0 aliphatic heterocycles. The van der Waals surface area contributed by atoms with Crippen molar-refractivity contribution in [3.05, 3.63) is 35.9 Å². The van der Waals surface area contributed by atoms with Crippen LogP contribution in [0.4, 0.5) is 0 Å². The summed E-state index contributed by atoms with van der Waals surface area (Å²) in [4.78, 5) is 0. The monoisotopic (exact) mass is 308 g/mol. The first-order chi connectivity index (χ1) is 8.81. The maximum Gasteiger partial charge on any atom is 0.0716 e. The van der Waals surface area contributed by atoms with E-state index in [4.69, 9.17) is 4.74 Å². The zero-order valence-corrected chi connectivity index (χ0v) is 12.4. The molecule has 2 heteroatoms. The van der Waals surface area contributed by atoms with Crippen molar-refractivity contribution in [2.24, 2.45) is 17.3 Å². The fourth-order valence-corrected chi connectivity index (χ4v) is 4.18. The van der Waals surface area contributed by atoms with E-state index in [9.17, 15) is 0 Å². The molecule has 0 amide bonds. The highest BCUT2D eigenvalue weighted by Crippen LogP contribution is 2.61. The van der Waals surface area contributed by atoms with Crippen molar-refractivity contribution in [1.29, 1.82) is 0 Å². The van der Waals surface area contributed by atoms with Crippen molar-refractivity contribution in [2.75, 3.05) is 11.9 Å². The molecule has 18 heavy (non-hydrogen) atoms. The number of hydrogen-bond donors (Lipinski definition) is 0. The Hall–Kier alpha value is -0.340. The van der Waals surface area contributed by atoms with Crippen molar-refractivity contribution in [3.8, 4) is 0 Å². The van der Waals surface area contributed by atoms with Crippen molar-refractivity contribution >= 4 is 15.9 Å². The lowest BCUT2D eigenvalue weighted by Crippen LogP contribution is -2.22. The van der Waals surface area contributed by atoms with Gasteiger partial charge in [0.05, 0.1) is 6.61 Å². The van der Waals surface area contributed by atoms with Crippen LogP contribution in [0.2, 0.25) is 0 Å². The number of halogens is 1. The lowest BCUT2D eigenvalue weighted by molar-refractivity contribution is 0.0871. The fraction of sp³-hybridized carbons (Fsp3) is 0.625. The standard InChI is InChI=1S/C16H21BrO/c17-12-16(9-14-8-15(14)10-16)6-7-18-11-13-4-2-1-3-5-13/h1-5,14-15H,6-12H2. The molecular weight excluding hydrogens is 288 g/mol. The van der Waals surface area contributed by atoms with Crippen molar-refractivity contribution in [2.45, 2.75) is 32.3 Å². The van der Waals surface area contributed by atoms with E-state index >= 15 is 0 Å². The molecule has 0 spiro atoms. The molecule has 0 saturated heterocycles. The summed E-state index contributed by atoms with van der Waals surface area (Å²) in [5.74, 6) is 2.10. The second kappa shape index (κ2) is 5.34. The summed E-state index contributed by atoms with van der Waals surface area (Å²) < 4.78 is 5.84. The quantitative estimate of drug-likeness (QED) is 0.559. The van der Waals surface area contributed by atoms with Gasteiger partial charge in [0, 0.05) is 11.9 Å². The molecule has 0 aromatic heterocycles. The largest absolute Gasteiger partial charge is 0.377 e. The number of fused-ring (bicyclic) bond motifs is 1. The smallest absolute Gasteiger partial charge is 0.0716 e. The molecule has 2 aliphatic carbocycles. The molecule has 0 bridgehead atoms. The Kier molecular flexibility index (Phi) is 3.76. The molecule has 1 nitrogen and oxygen atoms in total. The van der Waals surface area contributed by atoms with Gasteiger partial charge in [0.15, 0.2) is 0 Å². The minimum atomic E-state index is 0.546. The van der Waals surface area contributed by atoms with E-state index in [1.165, 1.54) is 31.2 Å². The molecule has 98 valence electrons. The van der Waals surface area contributed by atoms with Gasteiger partial charge in [-0.3, -0.25) is 0 Å². The normalized spacial score (nSPS) is 33.4. The Morgan fingerprint density at radius 1 is 1.17 bits per heavy atom. The van der Waals surface area contributed by atoms with Gasteiger partial charge in [-0.25, -0.2) is 0 Å². The Labute approximate surface area is 118 Å². The van der Waals surface area contributed by atoms with E-state index in [1.807, 2.05) is 6.07 Å². The number of ether oxygens (including phenoxy) is 1. The van der Waals surface area contributed by atoms with Gasteiger partial charge in [0.2, 0.25) is 0 Å². The van der Waals surface area contributed by atoms with E-state index in [0.29, 0.717) is 5.41 Å². The van der Waals surface area contributed by atoms with Gasteiger partial charge in [-0.1, -0.05) is 46.3 Å². The summed E-state index contributed by atoms with van der Waals surface area (Å²) >= 11 is 3.72. The second-order valence-corrected chi connectivity index (χ2v) is 6.65. The molecule has 2 aliphatic rings. The van der Waals surface area contributed by atoms with Crippen LogP contribution in [0.25, 0.3) is 0 Å². The highest BCUT2D eigenvalue weighted by molar-refractivity contribution is 9.09. The Morgan fingerprint density at radius 3 is 2.56 bits per heavy atom. The molecular formula is C16H21BrO. The van der Waals surface area contributed by atoms with E-state index in [1.54, 1.807) is 0 Å². The number of benzene rings is 1. The average Bonchev–Trinajstić information content (AvgIpc) is 3.04. The summed E-state index contributed by atoms with van der Waals surface area (Å²) in [7, 11) is 0. The van der Waals surface area contributed by atoms with Gasteiger partial charge < -0.3 is 4.74 Å². The first kappa shape index (κ1) is 12.7. The van der Waals surface area contributed by atoms with Crippen LogP contribution < -0.4 is 0 Å². The number of hydrogen-bond acceptors (Lipinski definition) is 1. The summed E-state index contributed by atoms with van der Waals surface area (Å²) in [6.07, 6.45) is 5.58. The maximum atomic E-state index is 5.84. The predicted molar refractivity (Wildman–Crippen MR) is 77.8 cm³/mol. The van der Waals surface area contributed by atoms with Gasteiger partial charge in [-0.15, -0.1) is 0 Å². The van der Waals surface area contributed by atoms with Crippen LogP contribution >= 0.6 is 15.9 Å². The fourth-order valence-electron chi connectivity index (χ4n) is 3.44. The van der Waals surface area contributed by atoms with Crippen LogP contribution in [-0.2, 0) is 11.3 Å². The highest BCUT2D eigenvalue weighted by Gasteiger charge is 2.52. The first-order valence-electron chi connectivity index (χ1n) is 6.99. The molecule has 1 aromatic rings. The van der Waals surface area contributed by atoms with E-state index in [0.717, 1.165) is 30.4 Å². The van der Waals surface area contributed by atoms with E-state index < -0.39 is 0 Å². The molecule has 3 rings (SSSR count). The molecule has 2 unspecified atom stereocenters. The summed E-state index contributed by atoms with van der Waals surface area (Å²) in [5, 5.41) is 1.15. The molecule has 2 saturated carbocycles. The van der Waals surface area contributed by atoms with Crippen LogP contribution in [0, 0.1) is 17.3 Å². The number of rotatable bonds is 6. The molecule has 2 fully saturated rings. The second-order valence-electron chi connectivity index (χ2n) is 6.09. The molecule has 2 atom stereocenters. The average molecular weight is 309 g/mol. The first-order valence-corrected chi connectivity index (χ1v) is 8.11. The van der Waals surface area contributed by atoms with E-state index in [-0.39, 0.29) is 0 Å². The third-order valence-electron chi connectivity index (χ3n) is 4.63. The van der Waals surface area contributed by atoms with Crippen molar-refractivity contribution in [1.82, 2.24) is 0 Å². The lowest BCUT2D eigenvalue weighted by Gasteiger charge is -2.28. The third kappa shape index (κ3) is 2.80. The third-order valence-corrected chi connectivity index (χ3v) is 5.82. The van der Waals surface area contributed by atoms with Crippen LogP contribution in [0.15, 0.2) is 30.3 Å². The molecule has 0 radical (unpaired) electrons. The highest BCUT2D eigenvalue weighted by atomic mass is 79.9. The van der Waals surface area contributed by atoms with Gasteiger partial charge in [-0.2, -0.15) is 0 Å². The topological polar surface area (TPSA) is 9.23 Å². The Morgan fingerprint density at radius 2 is 1.89 bits per heavy atom. The summed E-state index contributed by atoms with van der Waals surface area (Å²) in [6, 6.07) is 10.5. The minimum absolute atomic E-state index is 0.546. The zero-order valence-electron chi connectivity index (χ0n) is 10.8. The van der Waals surface area contributed by atoms with E-state index in [2.05, 4.69) is 40.2 Å². The minimum Gasteiger partial charge on any atom is -0.377 e. The van der Waals surface area contributed by atoms with Crippen molar-refractivity contribution in [3.63, 3.8) is 0 Å². The zero-order chi connectivity index (χ0) is 12.4.